The zero-order chi connectivity index (χ0) is 12.1. The normalized spacial score (nSPS) is 10.2. The molecule has 82 valence electrons. The Hall–Kier alpha value is -2.43. The molecule has 0 aliphatic carbocycles. The second-order valence-corrected chi connectivity index (χ2v) is 2.90. The van der Waals surface area contributed by atoms with Crippen LogP contribution in [-0.4, -0.2) is 27.9 Å². The van der Waals surface area contributed by atoms with Gasteiger partial charge in [-0.1, -0.05) is 18.2 Å². The highest BCUT2D eigenvalue weighted by molar-refractivity contribution is 6.38. The van der Waals surface area contributed by atoms with Gasteiger partial charge in [0.1, 0.15) is 0 Å². The fourth-order valence-electron chi connectivity index (χ4n) is 1.07. The molecule has 0 saturated carbocycles. The molecule has 2 N–H and O–H groups in total. The summed E-state index contributed by atoms with van der Waals surface area (Å²) in [7, 11) is 0. The Morgan fingerprint density at radius 1 is 1.06 bits per heavy atom. The second kappa shape index (κ2) is 4.88. The number of carbonyl (C=O) groups is 3. The number of aromatic carboxylic acids is 1. The van der Waals surface area contributed by atoms with Crippen LogP contribution in [0, 0.1) is 0 Å². The van der Waals surface area contributed by atoms with Crippen molar-refractivity contribution in [3.8, 4) is 0 Å². The third-order valence-electron chi connectivity index (χ3n) is 1.82. The molecule has 0 fully saturated rings. The standard InChI is InChI=1S/C11H8O5/c12-9(11(15)16)6-5-7-3-1-2-4-8(7)10(13)14/h1-6H,(H,13,14)(H,15,16)/b6-5-. The van der Waals surface area contributed by atoms with Crippen LogP contribution in [0.5, 0.6) is 0 Å². The lowest BCUT2D eigenvalue weighted by atomic mass is 10.1. The molecule has 0 radical (unpaired) electrons. The van der Waals surface area contributed by atoms with Crippen molar-refractivity contribution in [2.75, 3.05) is 0 Å². The average molecular weight is 220 g/mol. The molecule has 0 unspecified atom stereocenters. The SMILES string of the molecule is O=C(O)C(=O)/C=C\c1ccccc1C(=O)O. The smallest absolute Gasteiger partial charge is 0.376 e. The minimum absolute atomic E-state index is 0.0111. The van der Waals surface area contributed by atoms with Crippen LogP contribution in [0.15, 0.2) is 30.3 Å². The minimum Gasteiger partial charge on any atom is -0.478 e. The first-order chi connectivity index (χ1) is 7.52. The van der Waals surface area contributed by atoms with Gasteiger partial charge in [-0.05, 0) is 23.8 Å². The molecule has 0 aliphatic rings. The molecule has 1 aromatic rings. The Morgan fingerprint density at radius 3 is 2.25 bits per heavy atom. The van der Waals surface area contributed by atoms with Gasteiger partial charge in [-0.25, -0.2) is 9.59 Å². The van der Waals surface area contributed by atoms with Crippen LogP contribution in [-0.2, 0) is 9.59 Å². The van der Waals surface area contributed by atoms with Crippen LogP contribution in [0.25, 0.3) is 6.08 Å². The summed E-state index contributed by atoms with van der Waals surface area (Å²) in [6.45, 7) is 0. The summed E-state index contributed by atoms with van der Waals surface area (Å²) in [5, 5.41) is 17.1. The molecular weight excluding hydrogens is 212 g/mol. The maximum Gasteiger partial charge on any atom is 0.376 e. The average Bonchev–Trinajstić information content (AvgIpc) is 2.25. The van der Waals surface area contributed by atoms with Crippen LogP contribution < -0.4 is 0 Å². The summed E-state index contributed by atoms with van der Waals surface area (Å²) >= 11 is 0. The first-order valence-electron chi connectivity index (χ1n) is 4.30. The van der Waals surface area contributed by atoms with Crippen molar-refractivity contribution in [3.63, 3.8) is 0 Å². The van der Waals surface area contributed by atoms with Crippen molar-refractivity contribution in [3.05, 3.63) is 41.5 Å². The lowest BCUT2D eigenvalue weighted by Crippen LogP contribution is -2.08. The topological polar surface area (TPSA) is 91.7 Å². The minimum atomic E-state index is -1.58. The third kappa shape index (κ3) is 2.78. The number of carboxylic acid groups (broad SMARTS) is 2. The van der Waals surface area contributed by atoms with Crippen molar-refractivity contribution in [1.82, 2.24) is 0 Å². The Balaban J connectivity index is 3.02. The maximum absolute atomic E-state index is 10.8. The lowest BCUT2D eigenvalue weighted by molar-refractivity contribution is -0.146. The summed E-state index contributed by atoms with van der Waals surface area (Å²) in [4.78, 5) is 31.8. The van der Waals surface area contributed by atoms with Crippen LogP contribution in [0.2, 0.25) is 0 Å². The fraction of sp³-hybridized carbons (Fsp3) is 0. The highest BCUT2D eigenvalue weighted by atomic mass is 16.4. The summed E-state index contributed by atoms with van der Waals surface area (Å²) < 4.78 is 0. The van der Waals surface area contributed by atoms with E-state index in [9.17, 15) is 14.4 Å². The zero-order valence-electron chi connectivity index (χ0n) is 8.08. The van der Waals surface area contributed by atoms with Gasteiger partial charge in [0.05, 0.1) is 5.56 Å². The van der Waals surface area contributed by atoms with Gasteiger partial charge in [0.2, 0.25) is 0 Å². The first kappa shape index (κ1) is 11.6. The van der Waals surface area contributed by atoms with Crippen LogP contribution in [0.1, 0.15) is 15.9 Å². The maximum atomic E-state index is 10.8. The molecule has 0 atom stereocenters. The monoisotopic (exact) mass is 220 g/mol. The van der Waals surface area contributed by atoms with E-state index in [1.165, 1.54) is 18.2 Å². The van der Waals surface area contributed by atoms with Crippen molar-refractivity contribution in [1.29, 1.82) is 0 Å². The number of rotatable bonds is 4. The number of ketones is 1. The number of hydrogen-bond donors (Lipinski definition) is 2. The highest BCUT2D eigenvalue weighted by Gasteiger charge is 2.09. The van der Waals surface area contributed by atoms with E-state index in [0.29, 0.717) is 0 Å². The van der Waals surface area contributed by atoms with Crippen molar-refractivity contribution < 1.29 is 24.6 Å². The van der Waals surface area contributed by atoms with E-state index in [0.717, 1.165) is 6.08 Å². The van der Waals surface area contributed by atoms with E-state index in [1.54, 1.807) is 12.1 Å². The number of carbonyl (C=O) groups excluding carboxylic acids is 1. The fourth-order valence-corrected chi connectivity index (χ4v) is 1.07. The number of benzene rings is 1. The van der Waals surface area contributed by atoms with Crippen molar-refractivity contribution >= 4 is 23.8 Å². The van der Waals surface area contributed by atoms with E-state index in [-0.39, 0.29) is 11.1 Å². The molecule has 0 aromatic heterocycles. The molecule has 1 aromatic carbocycles. The van der Waals surface area contributed by atoms with Crippen molar-refractivity contribution in [2.24, 2.45) is 0 Å². The largest absolute Gasteiger partial charge is 0.478 e. The van der Waals surface area contributed by atoms with Crippen molar-refractivity contribution in [2.45, 2.75) is 0 Å². The van der Waals surface area contributed by atoms with Gasteiger partial charge in [0.25, 0.3) is 5.78 Å². The third-order valence-corrected chi connectivity index (χ3v) is 1.82. The van der Waals surface area contributed by atoms with Crippen LogP contribution in [0.3, 0.4) is 0 Å². The van der Waals surface area contributed by atoms with Gasteiger partial charge >= 0.3 is 11.9 Å². The summed E-state index contributed by atoms with van der Waals surface area (Å²) in [6.07, 6.45) is 1.99. The predicted octanol–water partition coefficient (Wildman–Crippen LogP) is 1.05. The van der Waals surface area contributed by atoms with E-state index >= 15 is 0 Å². The Kier molecular flexibility index (Phi) is 3.55. The second-order valence-electron chi connectivity index (χ2n) is 2.90. The van der Waals surface area contributed by atoms with Gasteiger partial charge in [0.15, 0.2) is 0 Å². The molecule has 1 rings (SSSR count). The van der Waals surface area contributed by atoms with E-state index in [1.807, 2.05) is 0 Å². The highest BCUT2D eigenvalue weighted by Crippen LogP contribution is 2.10. The Labute approximate surface area is 90.6 Å². The Morgan fingerprint density at radius 2 is 1.69 bits per heavy atom. The molecule has 5 heteroatoms. The molecule has 5 nitrogen and oxygen atoms in total. The van der Waals surface area contributed by atoms with Crippen LogP contribution in [0.4, 0.5) is 0 Å². The van der Waals surface area contributed by atoms with Crippen LogP contribution >= 0.6 is 0 Å². The van der Waals surface area contributed by atoms with Gasteiger partial charge in [0, 0.05) is 0 Å². The first-order valence-corrected chi connectivity index (χ1v) is 4.30. The lowest BCUT2D eigenvalue weighted by Gasteiger charge is -1.98. The molecule has 0 spiro atoms. The molecule has 0 heterocycles. The van der Waals surface area contributed by atoms with Gasteiger partial charge in [-0.3, -0.25) is 4.79 Å². The number of aliphatic carboxylic acids is 1. The molecule has 0 saturated heterocycles. The molecular formula is C11H8O5. The molecule has 0 bridgehead atoms. The molecule has 0 amide bonds. The zero-order valence-corrected chi connectivity index (χ0v) is 8.08. The number of carboxylic acids is 2. The van der Waals surface area contributed by atoms with Gasteiger partial charge < -0.3 is 10.2 Å². The van der Waals surface area contributed by atoms with E-state index < -0.39 is 17.7 Å². The van der Waals surface area contributed by atoms with E-state index in [4.69, 9.17) is 10.2 Å². The molecule has 0 aliphatic heterocycles. The summed E-state index contributed by atoms with van der Waals surface area (Å²) in [5.74, 6) is -3.81. The number of hydrogen-bond acceptors (Lipinski definition) is 3. The quantitative estimate of drug-likeness (QED) is 0.584. The summed E-state index contributed by atoms with van der Waals surface area (Å²) in [5.41, 5.74) is 0.293. The van der Waals surface area contributed by atoms with Gasteiger partial charge in [-0.15, -0.1) is 0 Å². The molecule has 16 heavy (non-hydrogen) atoms. The van der Waals surface area contributed by atoms with E-state index in [2.05, 4.69) is 0 Å². The Bertz CT molecular complexity index is 473. The van der Waals surface area contributed by atoms with Gasteiger partial charge in [-0.2, -0.15) is 0 Å². The predicted molar refractivity (Wildman–Crippen MR) is 55.1 cm³/mol. The summed E-state index contributed by atoms with van der Waals surface area (Å²) in [6, 6.07) is 5.99.